The Hall–Kier alpha value is -2.17. The second kappa shape index (κ2) is 4.98. The minimum Gasteiger partial charge on any atom is -0.508 e. The standard InChI is InChI=1S/C16H14F3NO/c17-16(18,19)14-4-2-1-3-12(14)11-7-8-20-15-6-5-10(21)9-13(11)15/h1-6,9,11,20-21H,7-8H2. The predicted octanol–water partition coefficient (Wildman–Crippen LogP) is 4.36. The fourth-order valence-corrected chi connectivity index (χ4v) is 2.89. The number of fused-ring (bicyclic) bond motifs is 1. The van der Waals surface area contributed by atoms with Crippen molar-refractivity contribution in [3.8, 4) is 5.75 Å². The monoisotopic (exact) mass is 293 g/mol. The minimum absolute atomic E-state index is 0.0620. The van der Waals surface area contributed by atoms with Crippen molar-refractivity contribution in [2.24, 2.45) is 0 Å². The first-order chi connectivity index (χ1) is 9.97. The molecule has 2 N–H and O–H groups in total. The summed E-state index contributed by atoms with van der Waals surface area (Å²) in [6.45, 7) is 0.606. The van der Waals surface area contributed by atoms with Crippen LogP contribution in [0.25, 0.3) is 0 Å². The lowest BCUT2D eigenvalue weighted by Crippen LogP contribution is -2.20. The number of aromatic hydroxyl groups is 1. The number of anilines is 1. The lowest BCUT2D eigenvalue weighted by atomic mass is 9.82. The fourth-order valence-electron chi connectivity index (χ4n) is 2.89. The smallest absolute Gasteiger partial charge is 0.416 e. The van der Waals surface area contributed by atoms with Crippen LogP contribution in [0.1, 0.15) is 29.0 Å². The molecule has 5 heteroatoms. The summed E-state index contributed by atoms with van der Waals surface area (Å²) < 4.78 is 39.6. The van der Waals surface area contributed by atoms with Crippen LogP contribution in [0.3, 0.4) is 0 Å². The molecule has 2 aromatic rings. The maximum Gasteiger partial charge on any atom is 0.416 e. The van der Waals surface area contributed by atoms with Gasteiger partial charge in [-0.1, -0.05) is 18.2 Å². The predicted molar refractivity (Wildman–Crippen MR) is 74.5 cm³/mol. The Bertz CT molecular complexity index is 667. The first kappa shape index (κ1) is 13.8. The summed E-state index contributed by atoms with van der Waals surface area (Å²) in [6.07, 6.45) is -3.82. The summed E-state index contributed by atoms with van der Waals surface area (Å²) in [5, 5.41) is 12.8. The van der Waals surface area contributed by atoms with Gasteiger partial charge >= 0.3 is 6.18 Å². The zero-order valence-corrected chi connectivity index (χ0v) is 11.1. The molecule has 3 rings (SSSR count). The zero-order valence-electron chi connectivity index (χ0n) is 11.1. The van der Waals surface area contributed by atoms with Crippen molar-refractivity contribution < 1.29 is 18.3 Å². The van der Waals surface area contributed by atoms with E-state index in [-0.39, 0.29) is 17.2 Å². The third-order valence-electron chi connectivity index (χ3n) is 3.80. The highest BCUT2D eigenvalue weighted by Crippen LogP contribution is 2.43. The SMILES string of the molecule is Oc1ccc2c(c1)C(c1ccccc1C(F)(F)F)CCN2. The van der Waals surface area contributed by atoms with Gasteiger partial charge in [0.05, 0.1) is 5.56 Å². The molecule has 0 bridgehead atoms. The van der Waals surface area contributed by atoms with Crippen LogP contribution in [-0.4, -0.2) is 11.7 Å². The number of hydrogen-bond acceptors (Lipinski definition) is 2. The number of rotatable bonds is 1. The van der Waals surface area contributed by atoms with E-state index in [2.05, 4.69) is 5.32 Å². The fraction of sp³-hybridized carbons (Fsp3) is 0.250. The first-order valence-corrected chi connectivity index (χ1v) is 6.70. The van der Waals surface area contributed by atoms with Crippen LogP contribution in [0.15, 0.2) is 42.5 Å². The van der Waals surface area contributed by atoms with Crippen molar-refractivity contribution in [2.75, 3.05) is 11.9 Å². The molecule has 21 heavy (non-hydrogen) atoms. The molecule has 0 aliphatic carbocycles. The van der Waals surface area contributed by atoms with Crippen LogP contribution in [-0.2, 0) is 6.18 Å². The second-order valence-corrected chi connectivity index (χ2v) is 5.12. The Morgan fingerprint density at radius 2 is 1.81 bits per heavy atom. The number of nitrogens with one attached hydrogen (secondary N) is 1. The Labute approximate surface area is 120 Å². The summed E-state index contributed by atoms with van der Waals surface area (Å²) in [5.41, 5.74) is 1.14. The van der Waals surface area contributed by atoms with Crippen LogP contribution in [0.5, 0.6) is 5.75 Å². The summed E-state index contributed by atoms with van der Waals surface area (Å²) in [7, 11) is 0. The molecule has 1 aliphatic rings. The van der Waals surface area contributed by atoms with Crippen LogP contribution in [0.4, 0.5) is 18.9 Å². The number of hydrogen-bond donors (Lipinski definition) is 2. The quantitative estimate of drug-likeness (QED) is 0.766. The van der Waals surface area contributed by atoms with Crippen LogP contribution < -0.4 is 5.32 Å². The van der Waals surface area contributed by atoms with Gasteiger partial charge in [0.1, 0.15) is 5.75 Å². The van der Waals surface area contributed by atoms with E-state index in [0.29, 0.717) is 18.5 Å². The summed E-state index contributed by atoms with van der Waals surface area (Å²) in [6, 6.07) is 10.4. The molecule has 1 heterocycles. The molecule has 1 unspecified atom stereocenters. The third-order valence-corrected chi connectivity index (χ3v) is 3.80. The molecule has 110 valence electrons. The van der Waals surface area contributed by atoms with Crippen molar-refractivity contribution >= 4 is 5.69 Å². The lowest BCUT2D eigenvalue weighted by molar-refractivity contribution is -0.138. The van der Waals surface area contributed by atoms with Gasteiger partial charge in [-0.25, -0.2) is 0 Å². The Kier molecular flexibility index (Phi) is 3.27. The van der Waals surface area contributed by atoms with Gasteiger partial charge in [-0.15, -0.1) is 0 Å². The van der Waals surface area contributed by atoms with Gasteiger partial charge in [0.25, 0.3) is 0 Å². The average Bonchev–Trinajstić information content (AvgIpc) is 2.45. The molecule has 1 atom stereocenters. The molecule has 2 aromatic carbocycles. The van der Waals surface area contributed by atoms with Gasteiger partial charge in [0.2, 0.25) is 0 Å². The van der Waals surface area contributed by atoms with Crippen molar-refractivity contribution in [3.05, 3.63) is 59.2 Å². The topological polar surface area (TPSA) is 32.3 Å². The molecule has 0 saturated carbocycles. The number of benzene rings is 2. The molecule has 0 aromatic heterocycles. The molecular formula is C16H14F3NO. The lowest BCUT2D eigenvalue weighted by Gasteiger charge is -2.29. The molecule has 2 nitrogen and oxygen atoms in total. The van der Waals surface area contributed by atoms with Gasteiger partial charge < -0.3 is 10.4 Å². The molecule has 0 amide bonds. The third kappa shape index (κ3) is 2.55. The first-order valence-electron chi connectivity index (χ1n) is 6.70. The summed E-state index contributed by atoms with van der Waals surface area (Å²) in [5.74, 6) is -0.307. The van der Waals surface area contributed by atoms with Crippen LogP contribution in [0.2, 0.25) is 0 Å². The number of alkyl halides is 3. The molecular weight excluding hydrogens is 279 g/mol. The van der Waals surface area contributed by atoms with E-state index in [1.165, 1.54) is 18.2 Å². The largest absolute Gasteiger partial charge is 0.508 e. The highest BCUT2D eigenvalue weighted by molar-refractivity contribution is 5.60. The Morgan fingerprint density at radius 3 is 2.57 bits per heavy atom. The second-order valence-electron chi connectivity index (χ2n) is 5.12. The van der Waals surface area contributed by atoms with Gasteiger partial charge in [0.15, 0.2) is 0 Å². The molecule has 0 spiro atoms. The molecule has 1 aliphatic heterocycles. The Morgan fingerprint density at radius 1 is 1.05 bits per heavy atom. The highest BCUT2D eigenvalue weighted by atomic mass is 19.4. The van der Waals surface area contributed by atoms with Crippen LogP contribution >= 0.6 is 0 Å². The van der Waals surface area contributed by atoms with E-state index in [0.717, 1.165) is 11.8 Å². The maximum absolute atomic E-state index is 13.2. The minimum atomic E-state index is -4.38. The molecule has 0 saturated heterocycles. The van der Waals surface area contributed by atoms with E-state index >= 15 is 0 Å². The van der Waals surface area contributed by atoms with Gasteiger partial charge in [-0.3, -0.25) is 0 Å². The van der Waals surface area contributed by atoms with E-state index in [1.807, 2.05) is 0 Å². The number of halogens is 3. The summed E-state index contributed by atoms with van der Waals surface area (Å²) in [4.78, 5) is 0. The van der Waals surface area contributed by atoms with Gasteiger partial charge in [-0.2, -0.15) is 13.2 Å². The van der Waals surface area contributed by atoms with Crippen molar-refractivity contribution in [1.82, 2.24) is 0 Å². The highest BCUT2D eigenvalue weighted by Gasteiger charge is 2.36. The van der Waals surface area contributed by atoms with E-state index in [1.54, 1.807) is 18.2 Å². The maximum atomic E-state index is 13.2. The van der Waals surface area contributed by atoms with E-state index < -0.39 is 11.7 Å². The summed E-state index contributed by atoms with van der Waals surface area (Å²) >= 11 is 0. The zero-order chi connectivity index (χ0) is 15.0. The van der Waals surface area contributed by atoms with Crippen LogP contribution in [0, 0.1) is 0 Å². The van der Waals surface area contributed by atoms with Crippen molar-refractivity contribution in [2.45, 2.75) is 18.5 Å². The van der Waals surface area contributed by atoms with Crippen molar-refractivity contribution in [1.29, 1.82) is 0 Å². The molecule has 0 radical (unpaired) electrons. The average molecular weight is 293 g/mol. The normalized spacial score (nSPS) is 18.0. The van der Waals surface area contributed by atoms with E-state index in [4.69, 9.17) is 0 Å². The number of phenolic OH excluding ortho intramolecular Hbond substituents is 1. The molecule has 0 fully saturated rings. The van der Waals surface area contributed by atoms with Gasteiger partial charge in [-0.05, 0) is 41.8 Å². The van der Waals surface area contributed by atoms with Crippen molar-refractivity contribution in [3.63, 3.8) is 0 Å². The van der Waals surface area contributed by atoms with E-state index in [9.17, 15) is 18.3 Å². The number of phenols is 1. The van der Waals surface area contributed by atoms with Gasteiger partial charge in [0, 0.05) is 18.2 Å². The Balaban J connectivity index is 2.14.